The number of aliphatic carboxylic acids is 1. The molecule has 1 aromatic rings. The van der Waals surface area contributed by atoms with Crippen LogP contribution in [0.4, 0.5) is 9.18 Å². The molecule has 1 atom stereocenters. The van der Waals surface area contributed by atoms with Crippen molar-refractivity contribution < 1.29 is 19.1 Å². The van der Waals surface area contributed by atoms with Gasteiger partial charge in [0, 0.05) is 33.1 Å². The smallest absolute Gasteiger partial charge is 0.320 e. The largest absolute Gasteiger partial charge is 0.481 e. The van der Waals surface area contributed by atoms with E-state index in [4.69, 9.17) is 5.11 Å². The minimum Gasteiger partial charge on any atom is -0.481 e. The summed E-state index contributed by atoms with van der Waals surface area (Å²) in [5.74, 6) is -1.13. The number of halogens is 1. The normalized spacial score (nSPS) is 17.8. The highest BCUT2D eigenvalue weighted by Crippen LogP contribution is 2.21. The van der Waals surface area contributed by atoms with Crippen LogP contribution in [0.2, 0.25) is 0 Å². The highest BCUT2D eigenvalue weighted by atomic mass is 19.1. The van der Waals surface area contributed by atoms with Crippen molar-refractivity contribution in [2.45, 2.75) is 19.4 Å². The van der Waals surface area contributed by atoms with E-state index >= 15 is 0 Å². The second-order valence-corrected chi connectivity index (χ2v) is 5.47. The number of hydrogen-bond acceptors (Lipinski definition) is 2. The van der Waals surface area contributed by atoms with E-state index in [1.165, 1.54) is 17.0 Å². The summed E-state index contributed by atoms with van der Waals surface area (Å²) < 4.78 is 13.1. The molecule has 0 aliphatic carbocycles. The summed E-state index contributed by atoms with van der Waals surface area (Å²) in [6.45, 7) is 1.37. The minimum absolute atomic E-state index is 0.0222. The van der Waals surface area contributed by atoms with Crippen LogP contribution in [-0.2, 0) is 11.3 Å². The molecule has 1 heterocycles. The quantitative estimate of drug-likeness (QED) is 0.926. The van der Waals surface area contributed by atoms with Crippen molar-refractivity contribution in [3.05, 3.63) is 35.6 Å². The molecule has 0 radical (unpaired) electrons. The second kappa shape index (κ2) is 6.56. The van der Waals surface area contributed by atoms with Crippen LogP contribution in [0.5, 0.6) is 0 Å². The van der Waals surface area contributed by atoms with Gasteiger partial charge >= 0.3 is 12.0 Å². The zero-order valence-electron chi connectivity index (χ0n) is 12.0. The number of carboxylic acid groups (broad SMARTS) is 1. The molecule has 1 aliphatic rings. The molecule has 0 saturated carbocycles. The fourth-order valence-corrected chi connectivity index (χ4v) is 2.64. The third kappa shape index (κ3) is 4.18. The number of nitrogens with zero attached hydrogens (tertiary/aromatic N) is 2. The van der Waals surface area contributed by atoms with Gasteiger partial charge in [-0.1, -0.05) is 12.1 Å². The van der Waals surface area contributed by atoms with Crippen molar-refractivity contribution >= 4 is 12.0 Å². The first-order valence-electron chi connectivity index (χ1n) is 6.92. The van der Waals surface area contributed by atoms with Crippen molar-refractivity contribution in [3.63, 3.8) is 0 Å². The van der Waals surface area contributed by atoms with Gasteiger partial charge in [-0.3, -0.25) is 4.79 Å². The maximum atomic E-state index is 13.1. The van der Waals surface area contributed by atoms with Gasteiger partial charge in [0.25, 0.3) is 0 Å². The van der Waals surface area contributed by atoms with Gasteiger partial charge in [0.2, 0.25) is 0 Å². The maximum Gasteiger partial charge on any atom is 0.320 e. The molecule has 0 spiro atoms. The Bertz CT molecular complexity index is 535. The fourth-order valence-electron chi connectivity index (χ4n) is 2.64. The summed E-state index contributed by atoms with van der Waals surface area (Å²) in [5.41, 5.74) is 0.729. The van der Waals surface area contributed by atoms with Crippen molar-refractivity contribution in [1.82, 2.24) is 9.80 Å². The van der Waals surface area contributed by atoms with Gasteiger partial charge < -0.3 is 14.9 Å². The van der Waals surface area contributed by atoms with Crippen LogP contribution in [0.1, 0.15) is 18.4 Å². The molecule has 1 saturated heterocycles. The fraction of sp³-hybridized carbons (Fsp3) is 0.467. The lowest BCUT2D eigenvalue weighted by atomic mass is 10.1. The van der Waals surface area contributed by atoms with Crippen molar-refractivity contribution in [2.24, 2.45) is 5.92 Å². The van der Waals surface area contributed by atoms with Gasteiger partial charge in [-0.05, 0) is 30.0 Å². The zero-order chi connectivity index (χ0) is 15.4. The summed E-state index contributed by atoms with van der Waals surface area (Å²) in [6.07, 6.45) is 0.809. The maximum absolute atomic E-state index is 13.1. The lowest BCUT2D eigenvalue weighted by Crippen LogP contribution is -2.39. The number of urea groups is 1. The van der Waals surface area contributed by atoms with Gasteiger partial charge in [-0.25, -0.2) is 9.18 Å². The summed E-state index contributed by atoms with van der Waals surface area (Å²) >= 11 is 0. The second-order valence-electron chi connectivity index (χ2n) is 5.47. The van der Waals surface area contributed by atoms with Crippen LogP contribution in [0, 0.1) is 11.7 Å². The van der Waals surface area contributed by atoms with Crippen LogP contribution in [-0.4, -0.2) is 47.0 Å². The van der Waals surface area contributed by atoms with Crippen LogP contribution < -0.4 is 0 Å². The average molecular weight is 294 g/mol. The Kier molecular flexibility index (Phi) is 4.77. The molecule has 6 heteroatoms. The summed E-state index contributed by atoms with van der Waals surface area (Å²) in [7, 11) is 1.66. The number of likely N-dealkylation sites (tertiary alicyclic amines) is 1. The van der Waals surface area contributed by atoms with Gasteiger partial charge in [-0.2, -0.15) is 0 Å². The van der Waals surface area contributed by atoms with E-state index in [9.17, 15) is 14.0 Å². The average Bonchev–Trinajstić information content (AvgIpc) is 2.85. The summed E-state index contributed by atoms with van der Waals surface area (Å²) in [6, 6.07) is 6.00. The zero-order valence-corrected chi connectivity index (χ0v) is 12.0. The lowest BCUT2D eigenvalue weighted by Gasteiger charge is -2.24. The van der Waals surface area contributed by atoms with E-state index in [2.05, 4.69) is 0 Å². The van der Waals surface area contributed by atoms with E-state index in [1.54, 1.807) is 24.1 Å². The number of carbonyl (C=O) groups is 2. The standard InChI is InChI=1S/C15H19FN2O3/c1-17(9-11-3-2-4-13(16)7-11)15(21)18-6-5-12(10-18)8-14(19)20/h2-4,7,12H,5-6,8-10H2,1H3,(H,19,20). The predicted molar refractivity (Wildman–Crippen MR) is 75.2 cm³/mol. The highest BCUT2D eigenvalue weighted by Gasteiger charge is 2.29. The SMILES string of the molecule is CN(Cc1cccc(F)c1)C(=O)N1CCC(CC(=O)O)C1. The monoisotopic (exact) mass is 294 g/mol. The minimum atomic E-state index is -0.831. The molecule has 0 aromatic heterocycles. The lowest BCUT2D eigenvalue weighted by molar-refractivity contribution is -0.138. The molecule has 1 aliphatic heterocycles. The number of amides is 2. The first kappa shape index (κ1) is 15.3. The molecular weight excluding hydrogens is 275 g/mol. The molecule has 1 fully saturated rings. The molecule has 21 heavy (non-hydrogen) atoms. The van der Waals surface area contributed by atoms with E-state index in [0.29, 0.717) is 26.1 Å². The number of carboxylic acids is 1. The Morgan fingerprint density at radius 3 is 2.90 bits per heavy atom. The van der Waals surface area contributed by atoms with Crippen LogP contribution in [0.3, 0.4) is 0 Å². The van der Waals surface area contributed by atoms with Crippen LogP contribution in [0.15, 0.2) is 24.3 Å². The number of hydrogen-bond donors (Lipinski definition) is 1. The van der Waals surface area contributed by atoms with Crippen LogP contribution in [0.25, 0.3) is 0 Å². The van der Waals surface area contributed by atoms with Gasteiger partial charge in [-0.15, -0.1) is 0 Å². The molecule has 1 aromatic carbocycles. The van der Waals surface area contributed by atoms with Crippen molar-refractivity contribution in [1.29, 1.82) is 0 Å². The molecule has 2 rings (SSSR count). The van der Waals surface area contributed by atoms with E-state index in [1.807, 2.05) is 0 Å². The van der Waals surface area contributed by atoms with Crippen molar-refractivity contribution in [3.8, 4) is 0 Å². The first-order chi connectivity index (χ1) is 9.95. The van der Waals surface area contributed by atoms with E-state index in [0.717, 1.165) is 5.56 Å². The highest BCUT2D eigenvalue weighted by molar-refractivity contribution is 5.74. The molecule has 5 nitrogen and oxygen atoms in total. The third-order valence-corrected chi connectivity index (χ3v) is 3.65. The molecular formula is C15H19FN2O3. The number of carbonyl (C=O) groups excluding carboxylic acids is 1. The molecule has 2 amide bonds. The van der Waals surface area contributed by atoms with Crippen molar-refractivity contribution in [2.75, 3.05) is 20.1 Å². The Morgan fingerprint density at radius 2 is 2.24 bits per heavy atom. The molecule has 114 valence electrons. The predicted octanol–water partition coefficient (Wildman–Crippen LogP) is 2.17. The van der Waals surface area contributed by atoms with Gasteiger partial charge in [0.05, 0.1) is 0 Å². The summed E-state index contributed by atoms with van der Waals surface area (Å²) in [5, 5.41) is 8.78. The topological polar surface area (TPSA) is 60.9 Å². The van der Waals surface area contributed by atoms with Gasteiger partial charge in [0.15, 0.2) is 0 Å². The third-order valence-electron chi connectivity index (χ3n) is 3.65. The Hall–Kier alpha value is -2.11. The number of rotatable bonds is 4. The molecule has 0 bridgehead atoms. The first-order valence-corrected chi connectivity index (χ1v) is 6.92. The number of benzene rings is 1. The van der Waals surface area contributed by atoms with Gasteiger partial charge in [0.1, 0.15) is 5.82 Å². The Morgan fingerprint density at radius 1 is 1.48 bits per heavy atom. The Balaban J connectivity index is 1.90. The molecule has 1 N–H and O–H groups in total. The molecule has 1 unspecified atom stereocenters. The summed E-state index contributed by atoms with van der Waals surface area (Å²) in [4.78, 5) is 26.2. The van der Waals surface area contributed by atoms with E-state index in [-0.39, 0.29) is 24.2 Å². The van der Waals surface area contributed by atoms with E-state index < -0.39 is 5.97 Å². The Labute approximate surface area is 123 Å². The van der Waals surface area contributed by atoms with Crippen LogP contribution >= 0.6 is 0 Å².